The summed E-state index contributed by atoms with van der Waals surface area (Å²) in [4.78, 5) is 35.3. The van der Waals surface area contributed by atoms with Crippen LogP contribution in [0, 0.1) is 5.92 Å². The normalized spacial score (nSPS) is 18.0. The van der Waals surface area contributed by atoms with Crippen LogP contribution in [0.25, 0.3) is 0 Å². The predicted molar refractivity (Wildman–Crippen MR) is 140 cm³/mol. The Balaban J connectivity index is 1.25. The number of likely N-dealkylation sites (tertiary alicyclic amines) is 1. The number of pyridine rings is 2. The fraction of sp³-hybridized carbons (Fsp3) is 0.538. The summed E-state index contributed by atoms with van der Waals surface area (Å²) in [6.07, 6.45) is 10.2. The average Bonchev–Trinajstić information content (AvgIpc) is 2.86. The highest BCUT2D eigenvalue weighted by atomic mass is 127. The maximum Gasteiger partial charge on any atom is 0.303 e. The molecule has 2 atom stereocenters. The van der Waals surface area contributed by atoms with Gasteiger partial charge < -0.3 is 15.3 Å². The number of hydrogen-bond donors (Lipinski definition) is 2. The van der Waals surface area contributed by atoms with Gasteiger partial charge >= 0.3 is 5.97 Å². The number of carboxylic acids is 1. The Bertz CT molecular complexity index is 979. The van der Waals surface area contributed by atoms with E-state index < -0.39 is 5.97 Å². The fourth-order valence-corrected chi connectivity index (χ4v) is 5.89. The zero-order chi connectivity index (χ0) is 23.9. The molecule has 2 unspecified atom stereocenters. The Morgan fingerprint density at radius 1 is 1.24 bits per heavy atom. The van der Waals surface area contributed by atoms with Gasteiger partial charge in [0.05, 0.1) is 10.3 Å². The third kappa shape index (κ3) is 6.67. The quantitative estimate of drug-likeness (QED) is 0.338. The van der Waals surface area contributed by atoms with Crippen LogP contribution in [0.5, 0.6) is 0 Å². The molecule has 0 aromatic carbocycles. The van der Waals surface area contributed by atoms with E-state index >= 15 is 0 Å². The number of piperidine rings is 1. The Kier molecular flexibility index (Phi) is 8.74. The van der Waals surface area contributed by atoms with Crippen LogP contribution in [-0.2, 0) is 22.4 Å². The molecule has 0 spiro atoms. The van der Waals surface area contributed by atoms with Crippen molar-refractivity contribution in [2.75, 3.05) is 25.0 Å². The lowest BCUT2D eigenvalue weighted by atomic mass is 9.85. The number of carboxylic acid groups (broad SMARTS) is 1. The number of halogens is 1. The molecule has 7 nitrogen and oxygen atoms in total. The van der Waals surface area contributed by atoms with Crippen molar-refractivity contribution in [2.45, 2.75) is 61.2 Å². The Morgan fingerprint density at radius 3 is 2.79 bits per heavy atom. The second-order valence-electron chi connectivity index (χ2n) is 9.44. The average molecular weight is 576 g/mol. The minimum Gasteiger partial charge on any atom is -0.481 e. The largest absolute Gasteiger partial charge is 0.481 e. The second kappa shape index (κ2) is 12.0. The van der Waals surface area contributed by atoms with Crippen LogP contribution in [0.15, 0.2) is 36.7 Å². The number of nitrogens with zero attached hydrogens (tertiary/aromatic N) is 3. The lowest BCUT2D eigenvalue weighted by Gasteiger charge is -2.34. The number of rotatable bonds is 9. The number of nitrogens with one attached hydrogen (secondary N) is 1. The molecule has 2 N–H and O–H groups in total. The number of aliphatic carboxylic acids is 1. The molecule has 4 heterocycles. The van der Waals surface area contributed by atoms with E-state index in [1.807, 2.05) is 17.0 Å². The Labute approximate surface area is 214 Å². The smallest absolute Gasteiger partial charge is 0.303 e. The second-order valence-corrected chi connectivity index (χ2v) is 10.9. The monoisotopic (exact) mass is 576 g/mol. The van der Waals surface area contributed by atoms with E-state index in [4.69, 9.17) is 4.98 Å². The number of anilines is 1. The van der Waals surface area contributed by atoms with Gasteiger partial charge in [-0.05, 0) is 73.6 Å². The molecule has 4 rings (SSSR count). The molecule has 8 heteroatoms. The van der Waals surface area contributed by atoms with Crippen LogP contribution >= 0.6 is 22.6 Å². The van der Waals surface area contributed by atoms with Crippen LogP contribution in [0.3, 0.4) is 0 Å². The van der Waals surface area contributed by atoms with Gasteiger partial charge in [0.25, 0.3) is 0 Å². The first-order chi connectivity index (χ1) is 16.5. The van der Waals surface area contributed by atoms with Crippen molar-refractivity contribution < 1.29 is 14.7 Å². The molecule has 0 bridgehead atoms. The summed E-state index contributed by atoms with van der Waals surface area (Å²) in [5.41, 5.74) is 3.23. The molecule has 2 aliphatic rings. The standard InChI is InChI=1S/C26H33IN4O3/c27-23(16-22-8-7-19-3-2-12-29-25(19)30-22)26(34)31-13-9-18(10-14-31)5-6-20(15-24(32)33)21-4-1-11-28-17-21/h1,4,7-8,11,17-18,20,23H,2-3,5-6,9-10,12-16H2,(H,29,30)(H,32,33). The van der Waals surface area contributed by atoms with Gasteiger partial charge in [0.15, 0.2) is 0 Å². The molecular formula is C26H33IN4O3. The summed E-state index contributed by atoms with van der Waals surface area (Å²) in [5.74, 6) is 0.923. The highest BCUT2D eigenvalue weighted by Gasteiger charge is 2.28. The zero-order valence-corrected chi connectivity index (χ0v) is 21.6. The maximum absolute atomic E-state index is 13.1. The zero-order valence-electron chi connectivity index (χ0n) is 19.5. The lowest BCUT2D eigenvalue weighted by Crippen LogP contribution is -2.42. The van der Waals surface area contributed by atoms with Crippen LogP contribution in [0.4, 0.5) is 5.82 Å². The third-order valence-corrected chi connectivity index (χ3v) is 8.01. The summed E-state index contributed by atoms with van der Waals surface area (Å²) in [5, 5.41) is 12.7. The first kappa shape index (κ1) is 24.9. The van der Waals surface area contributed by atoms with Crippen molar-refractivity contribution in [3.63, 3.8) is 0 Å². The molecule has 0 saturated carbocycles. The van der Waals surface area contributed by atoms with Crippen molar-refractivity contribution >= 4 is 40.3 Å². The van der Waals surface area contributed by atoms with E-state index in [0.717, 1.165) is 75.2 Å². The van der Waals surface area contributed by atoms with Gasteiger partial charge in [-0.15, -0.1) is 0 Å². The van der Waals surface area contributed by atoms with E-state index in [-0.39, 0.29) is 22.2 Å². The molecule has 34 heavy (non-hydrogen) atoms. The van der Waals surface area contributed by atoms with Crippen molar-refractivity contribution in [2.24, 2.45) is 5.92 Å². The maximum atomic E-state index is 13.1. The number of carbonyl (C=O) groups is 2. The number of alkyl halides is 1. The number of hydrogen-bond acceptors (Lipinski definition) is 5. The SMILES string of the molecule is O=C(O)CC(CCC1CCN(C(=O)C(I)Cc2ccc3c(n2)NCCC3)CC1)c1cccnc1. The number of fused-ring (bicyclic) bond motifs is 1. The van der Waals surface area contributed by atoms with Gasteiger partial charge in [0.2, 0.25) is 5.91 Å². The van der Waals surface area contributed by atoms with E-state index in [1.54, 1.807) is 12.4 Å². The number of amides is 1. The number of aryl methyl sites for hydroxylation is 1. The fourth-order valence-electron chi connectivity index (χ4n) is 5.05. The topological polar surface area (TPSA) is 95.4 Å². The summed E-state index contributed by atoms with van der Waals surface area (Å²) < 4.78 is -0.117. The summed E-state index contributed by atoms with van der Waals surface area (Å²) in [6.45, 7) is 2.52. The number of aromatic nitrogens is 2. The molecule has 1 fully saturated rings. The third-order valence-electron chi connectivity index (χ3n) is 7.03. The highest BCUT2D eigenvalue weighted by molar-refractivity contribution is 14.1. The van der Waals surface area contributed by atoms with Crippen molar-refractivity contribution in [3.05, 3.63) is 53.5 Å². The summed E-state index contributed by atoms with van der Waals surface area (Å²) in [7, 11) is 0. The lowest BCUT2D eigenvalue weighted by molar-refractivity contribution is -0.137. The van der Waals surface area contributed by atoms with E-state index in [1.165, 1.54) is 5.56 Å². The molecule has 0 aliphatic carbocycles. The van der Waals surface area contributed by atoms with E-state index in [2.05, 4.69) is 45.0 Å². The first-order valence-electron chi connectivity index (χ1n) is 12.3. The van der Waals surface area contributed by atoms with Crippen LogP contribution < -0.4 is 5.32 Å². The van der Waals surface area contributed by atoms with E-state index in [0.29, 0.717) is 12.3 Å². The Morgan fingerprint density at radius 2 is 2.06 bits per heavy atom. The first-order valence-corrected chi connectivity index (χ1v) is 13.5. The molecule has 2 aromatic rings. The summed E-state index contributed by atoms with van der Waals surface area (Å²) >= 11 is 2.26. The van der Waals surface area contributed by atoms with Gasteiger partial charge in [-0.3, -0.25) is 14.6 Å². The van der Waals surface area contributed by atoms with Gasteiger partial charge in [-0.25, -0.2) is 4.98 Å². The van der Waals surface area contributed by atoms with Crippen molar-refractivity contribution in [3.8, 4) is 0 Å². The minimum atomic E-state index is -0.772. The molecule has 2 aromatic heterocycles. The van der Waals surface area contributed by atoms with Gasteiger partial charge in [-0.1, -0.05) is 34.7 Å². The highest BCUT2D eigenvalue weighted by Crippen LogP contribution is 2.31. The predicted octanol–water partition coefficient (Wildman–Crippen LogP) is 4.46. The van der Waals surface area contributed by atoms with Gasteiger partial charge in [0, 0.05) is 44.1 Å². The minimum absolute atomic E-state index is 0.0109. The molecule has 0 radical (unpaired) electrons. The Hall–Kier alpha value is -2.23. The van der Waals surface area contributed by atoms with Crippen LogP contribution in [-0.4, -0.2) is 55.4 Å². The molecule has 2 aliphatic heterocycles. The molecule has 182 valence electrons. The number of carbonyl (C=O) groups excluding carboxylic acids is 1. The van der Waals surface area contributed by atoms with Crippen LogP contribution in [0.2, 0.25) is 0 Å². The molecular weight excluding hydrogens is 543 g/mol. The summed E-state index contributed by atoms with van der Waals surface area (Å²) in [6, 6.07) is 8.04. The van der Waals surface area contributed by atoms with Crippen molar-refractivity contribution in [1.29, 1.82) is 0 Å². The molecule has 1 saturated heterocycles. The van der Waals surface area contributed by atoms with E-state index in [9.17, 15) is 14.7 Å². The molecule has 1 amide bonds. The van der Waals surface area contributed by atoms with Crippen LogP contribution in [0.1, 0.15) is 61.3 Å². The van der Waals surface area contributed by atoms with Crippen molar-refractivity contribution in [1.82, 2.24) is 14.9 Å². The van der Waals surface area contributed by atoms with Gasteiger partial charge in [-0.2, -0.15) is 0 Å². The van der Waals surface area contributed by atoms with Gasteiger partial charge in [0.1, 0.15) is 5.82 Å².